The number of carbonyl (C=O) groups is 1. The fourth-order valence-electron chi connectivity index (χ4n) is 2.73. The quantitative estimate of drug-likeness (QED) is 0.699. The summed E-state index contributed by atoms with van der Waals surface area (Å²) < 4.78 is 0. The van der Waals surface area contributed by atoms with Crippen LogP contribution in [-0.2, 0) is 5.41 Å². The average Bonchev–Trinajstić information content (AvgIpc) is 2.58. The number of carboxylic acids is 1. The third-order valence-electron chi connectivity index (χ3n) is 4.19. The minimum Gasteiger partial charge on any atom is -0.478 e. The molecular formula is C22H21NO2. The van der Waals surface area contributed by atoms with Gasteiger partial charge in [0, 0.05) is 5.39 Å². The number of para-hydroxylation sites is 1. The first-order chi connectivity index (χ1) is 11.8. The minimum absolute atomic E-state index is 0.124. The SMILES string of the molecule is CC(C)(C)c1ccc(C=Cc2cc(C(=O)O)c3ccccc3n2)cc1. The summed E-state index contributed by atoms with van der Waals surface area (Å²) in [6.45, 7) is 6.55. The first-order valence-corrected chi connectivity index (χ1v) is 8.26. The van der Waals surface area contributed by atoms with Gasteiger partial charge in [-0.25, -0.2) is 9.78 Å². The van der Waals surface area contributed by atoms with Gasteiger partial charge in [0.15, 0.2) is 0 Å². The Labute approximate surface area is 147 Å². The first-order valence-electron chi connectivity index (χ1n) is 8.26. The average molecular weight is 331 g/mol. The van der Waals surface area contributed by atoms with Crippen LogP contribution in [0, 0.1) is 0 Å². The van der Waals surface area contributed by atoms with Gasteiger partial charge >= 0.3 is 5.97 Å². The Morgan fingerprint density at radius 3 is 2.32 bits per heavy atom. The van der Waals surface area contributed by atoms with Crippen LogP contribution in [0.15, 0.2) is 54.6 Å². The van der Waals surface area contributed by atoms with Crippen molar-refractivity contribution in [2.75, 3.05) is 0 Å². The van der Waals surface area contributed by atoms with Crippen molar-refractivity contribution in [2.24, 2.45) is 0 Å². The summed E-state index contributed by atoms with van der Waals surface area (Å²) in [6, 6.07) is 17.3. The van der Waals surface area contributed by atoms with Gasteiger partial charge in [0.05, 0.1) is 16.8 Å². The first kappa shape index (κ1) is 16.9. The van der Waals surface area contributed by atoms with E-state index in [1.807, 2.05) is 30.4 Å². The van der Waals surface area contributed by atoms with Crippen LogP contribution in [0.4, 0.5) is 0 Å². The Kier molecular flexibility index (Phi) is 4.41. The molecule has 3 heteroatoms. The molecule has 0 unspecified atom stereocenters. The van der Waals surface area contributed by atoms with E-state index in [0.29, 0.717) is 16.6 Å². The highest BCUT2D eigenvalue weighted by atomic mass is 16.4. The molecule has 0 fully saturated rings. The van der Waals surface area contributed by atoms with E-state index in [1.54, 1.807) is 12.1 Å². The Morgan fingerprint density at radius 1 is 1.00 bits per heavy atom. The van der Waals surface area contributed by atoms with Gasteiger partial charge in [-0.3, -0.25) is 0 Å². The van der Waals surface area contributed by atoms with Gasteiger partial charge in [0.2, 0.25) is 0 Å². The van der Waals surface area contributed by atoms with E-state index in [9.17, 15) is 9.90 Å². The van der Waals surface area contributed by atoms with Crippen LogP contribution >= 0.6 is 0 Å². The second kappa shape index (κ2) is 6.52. The van der Waals surface area contributed by atoms with Crippen molar-refractivity contribution in [3.05, 3.63) is 77.0 Å². The third-order valence-corrected chi connectivity index (χ3v) is 4.19. The predicted octanol–water partition coefficient (Wildman–Crippen LogP) is 5.40. The second-order valence-corrected chi connectivity index (χ2v) is 7.12. The molecule has 0 bridgehead atoms. The molecule has 0 aliphatic heterocycles. The van der Waals surface area contributed by atoms with Crippen LogP contribution < -0.4 is 0 Å². The molecule has 0 saturated heterocycles. The number of hydrogen-bond acceptors (Lipinski definition) is 2. The van der Waals surface area contributed by atoms with E-state index in [1.165, 1.54) is 5.56 Å². The van der Waals surface area contributed by atoms with Crippen molar-refractivity contribution in [2.45, 2.75) is 26.2 Å². The lowest BCUT2D eigenvalue weighted by Crippen LogP contribution is -2.10. The molecule has 0 spiro atoms. The van der Waals surface area contributed by atoms with Gasteiger partial charge in [-0.15, -0.1) is 0 Å². The molecule has 0 aliphatic rings. The van der Waals surface area contributed by atoms with E-state index in [4.69, 9.17) is 0 Å². The summed E-state index contributed by atoms with van der Waals surface area (Å²) in [7, 11) is 0. The van der Waals surface area contributed by atoms with Crippen LogP contribution in [-0.4, -0.2) is 16.1 Å². The van der Waals surface area contributed by atoms with Crippen molar-refractivity contribution >= 4 is 29.0 Å². The zero-order chi connectivity index (χ0) is 18.0. The van der Waals surface area contributed by atoms with Crippen molar-refractivity contribution in [3.8, 4) is 0 Å². The number of rotatable bonds is 3. The summed E-state index contributed by atoms with van der Waals surface area (Å²) in [5, 5.41) is 10.1. The molecule has 2 aromatic carbocycles. The number of carboxylic acid groups (broad SMARTS) is 1. The van der Waals surface area contributed by atoms with E-state index < -0.39 is 5.97 Å². The van der Waals surface area contributed by atoms with Crippen LogP contribution in [0.25, 0.3) is 23.1 Å². The minimum atomic E-state index is -0.942. The molecule has 3 rings (SSSR count). The Bertz CT molecular complexity index is 948. The lowest BCUT2D eigenvalue weighted by Gasteiger charge is -2.18. The molecule has 0 amide bonds. The largest absolute Gasteiger partial charge is 0.478 e. The third kappa shape index (κ3) is 3.77. The van der Waals surface area contributed by atoms with Gasteiger partial charge < -0.3 is 5.11 Å². The van der Waals surface area contributed by atoms with Gasteiger partial charge in [-0.2, -0.15) is 0 Å². The number of aromatic nitrogens is 1. The van der Waals surface area contributed by atoms with Crippen molar-refractivity contribution in [3.63, 3.8) is 0 Å². The highest BCUT2D eigenvalue weighted by Crippen LogP contribution is 2.23. The zero-order valence-electron chi connectivity index (χ0n) is 14.7. The summed E-state index contributed by atoms with van der Waals surface area (Å²) >= 11 is 0. The maximum Gasteiger partial charge on any atom is 0.336 e. The van der Waals surface area contributed by atoms with Crippen LogP contribution in [0.3, 0.4) is 0 Å². The number of benzene rings is 2. The molecular weight excluding hydrogens is 310 g/mol. The molecule has 1 aromatic heterocycles. The fraction of sp³-hybridized carbons (Fsp3) is 0.182. The van der Waals surface area contributed by atoms with Crippen LogP contribution in [0.2, 0.25) is 0 Å². The molecule has 3 aromatic rings. The summed E-state index contributed by atoms with van der Waals surface area (Å²) in [5.74, 6) is -0.942. The van der Waals surface area contributed by atoms with Gasteiger partial charge in [0.25, 0.3) is 0 Å². The highest BCUT2D eigenvalue weighted by molar-refractivity contribution is 6.03. The Balaban J connectivity index is 1.95. The Morgan fingerprint density at radius 2 is 1.68 bits per heavy atom. The summed E-state index contributed by atoms with van der Waals surface area (Å²) in [5.41, 5.74) is 4.05. The number of aromatic carboxylic acids is 1. The predicted molar refractivity (Wildman–Crippen MR) is 103 cm³/mol. The fourth-order valence-corrected chi connectivity index (χ4v) is 2.73. The monoisotopic (exact) mass is 331 g/mol. The van der Waals surface area contributed by atoms with Crippen molar-refractivity contribution in [1.82, 2.24) is 4.98 Å². The maximum absolute atomic E-state index is 11.5. The molecule has 0 atom stereocenters. The van der Waals surface area contributed by atoms with Crippen LogP contribution in [0.1, 0.15) is 48.0 Å². The lowest BCUT2D eigenvalue weighted by atomic mass is 9.87. The molecule has 0 radical (unpaired) electrons. The number of pyridine rings is 1. The van der Waals surface area contributed by atoms with Gasteiger partial charge in [0.1, 0.15) is 0 Å². The molecule has 1 heterocycles. The normalized spacial score (nSPS) is 12.0. The standard InChI is InChI=1S/C22H21NO2/c1-22(2,3)16-11-8-15(9-12-16)10-13-17-14-19(21(24)25)18-6-4-5-7-20(18)23-17/h4-14H,1-3H3,(H,24,25). The molecule has 126 valence electrons. The van der Waals surface area contributed by atoms with Crippen molar-refractivity contribution in [1.29, 1.82) is 0 Å². The van der Waals surface area contributed by atoms with Crippen molar-refractivity contribution < 1.29 is 9.90 Å². The van der Waals surface area contributed by atoms with Gasteiger partial charge in [-0.05, 0) is 34.8 Å². The maximum atomic E-state index is 11.5. The van der Waals surface area contributed by atoms with E-state index in [0.717, 1.165) is 5.56 Å². The molecule has 0 saturated carbocycles. The number of fused-ring (bicyclic) bond motifs is 1. The van der Waals surface area contributed by atoms with Gasteiger partial charge in [-0.1, -0.05) is 69.3 Å². The van der Waals surface area contributed by atoms with E-state index in [-0.39, 0.29) is 11.0 Å². The molecule has 1 N–H and O–H groups in total. The number of nitrogens with zero attached hydrogens (tertiary/aromatic N) is 1. The molecule has 25 heavy (non-hydrogen) atoms. The summed E-state index contributed by atoms with van der Waals surface area (Å²) in [4.78, 5) is 16.1. The van der Waals surface area contributed by atoms with E-state index >= 15 is 0 Å². The smallest absolute Gasteiger partial charge is 0.336 e. The highest BCUT2D eigenvalue weighted by Gasteiger charge is 2.12. The Hall–Kier alpha value is -2.94. The lowest BCUT2D eigenvalue weighted by molar-refractivity contribution is 0.0699. The van der Waals surface area contributed by atoms with E-state index in [2.05, 4.69) is 50.0 Å². The topological polar surface area (TPSA) is 50.2 Å². The zero-order valence-corrected chi connectivity index (χ0v) is 14.7. The second-order valence-electron chi connectivity index (χ2n) is 7.12. The van der Waals surface area contributed by atoms with Crippen LogP contribution in [0.5, 0.6) is 0 Å². The summed E-state index contributed by atoms with van der Waals surface area (Å²) in [6.07, 6.45) is 3.81. The number of hydrogen-bond donors (Lipinski definition) is 1. The molecule has 0 aliphatic carbocycles. The molecule has 3 nitrogen and oxygen atoms in total.